The number of hydrogen-bond donors (Lipinski definition) is 0. The number of nitrogens with zero attached hydrogens (tertiary/aromatic N) is 2. The molecule has 23 heavy (non-hydrogen) atoms. The highest BCUT2D eigenvalue weighted by molar-refractivity contribution is 7.88. The molecule has 128 valence electrons. The first-order chi connectivity index (χ1) is 10.9. The van der Waals surface area contributed by atoms with Crippen molar-refractivity contribution in [1.82, 2.24) is 9.21 Å². The van der Waals surface area contributed by atoms with Crippen LogP contribution in [0.25, 0.3) is 0 Å². The van der Waals surface area contributed by atoms with Gasteiger partial charge < -0.3 is 9.64 Å². The van der Waals surface area contributed by atoms with Gasteiger partial charge >= 0.3 is 0 Å². The van der Waals surface area contributed by atoms with Crippen molar-refractivity contribution in [3.63, 3.8) is 0 Å². The second-order valence-electron chi connectivity index (χ2n) is 5.81. The van der Waals surface area contributed by atoms with Crippen LogP contribution in [-0.4, -0.2) is 62.6 Å². The first kappa shape index (κ1) is 17.7. The molecular formula is C16H24N2O4S. The van der Waals surface area contributed by atoms with Crippen molar-refractivity contribution >= 4 is 15.9 Å². The van der Waals surface area contributed by atoms with Crippen LogP contribution in [0.4, 0.5) is 0 Å². The zero-order valence-electron chi connectivity index (χ0n) is 13.6. The van der Waals surface area contributed by atoms with Crippen molar-refractivity contribution in [1.29, 1.82) is 0 Å². The molecule has 0 saturated carbocycles. The second kappa shape index (κ2) is 7.79. The highest BCUT2D eigenvalue weighted by atomic mass is 32.2. The second-order valence-corrected chi connectivity index (χ2v) is 7.74. The molecule has 0 spiro atoms. The Hall–Kier alpha value is -1.60. The van der Waals surface area contributed by atoms with Crippen molar-refractivity contribution in [3.8, 4) is 5.75 Å². The third-order valence-corrected chi connectivity index (χ3v) is 5.23. The standard InChI is InChI=1S/C16H24N2O4S/c1-17(11-7-13-22-14-8-4-3-5-9-14)16(19)15-10-6-12-18(15)23(2,20)21/h3-5,8-9,15H,6-7,10-13H2,1-2H3/t15-/m0/s1. The molecule has 0 aliphatic carbocycles. The van der Waals surface area contributed by atoms with E-state index in [0.717, 1.165) is 18.4 Å². The summed E-state index contributed by atoms with van der Waals surface area (Å²) in [5, 5.41) is 0. The van der Waals surface area contributed by atoms with Gasteiger partial charge in [0.2, 0.25) is 15.9 Å². The highest BCUT2D eigenvalue weighted by Crippen LogP contribution is 2.21. The van der Waals surface area contributed by atoms with Crippen molar-refractivity contribution in [3.05, 3.63) is 30.3 Å². The Bertz CT molecular complexity index is 618. The van der Waals surface area contributed by atoms with Crippen molar-refractivity contribution in [2.75, 3.05) is 33.0 Å². The van der Waals surface area contributed by atoms with Gasteiger partial charge in [-0.2, -0.15) is 4.31 Å². The number of para-hydroxylation sites is 1. The van der Waals surface area contributed by atoms with Crippen LogP contribution in [0, 0.1) is 0 Å². The summed E-state index contributed by atoms with van der Waals surface area (Å²) in [4.78, 5) is 14.0. The van der Waals surface area contributed by atoms with E-state index in [1.807, 2.05) is 30.3 Å². The predicted molar refractivity (Wildman–Crippen MR) is 88.8 cm³/mol. The number of benzene rings is 1. The van der Waals surface area contributed by atoms with Crippen LogP contribution < -0.4 is 4.74 Å². The topological polar surface area (TPSA) is 66.9 Å². The van der Waals surface area contributed by atoms with E-state index in [1.165, 1.54) is 4.31 Å². The minimum Gasteiger partial charge on any atom is -0.494 e. The van der Waals surface area contributed by atoms with Gasteiger partial charge in [0, 0.05) is 20.1 Å². The quantitative estimate of drug-likeness (QED) is 0.703. The smallest absolute Gasteiger partial charge is 0.240 e. The van der Waals surface area contributed by atoms with Gasteiger partial charge in [-0.25, -0.2) is 8.42 Å². The number of carbonyl (C=O) groups is 1. The number of carbonyl (C=O) groups excluding carboxylic acids is 1. The summed E-state index contributed by atoms with van der Waals surface area (Å²) in [6.45, 7) is 1.49. The molecule has 1 atom stereocenters. The van der Waals surface area contributed by atoms with Crippen molar-refractivity contribution < 1.29 is 17.9 Å². The number of amides is 1. The summed E-state index contributed by atoms with van der Waals surface area (Å²) in [5.41, 5.74) is 0. The molecule has 0 bridgehead atoms. The van der Waals surface area contributed by atoms with Gasteiger partial charge in [0.1, 0.15) is 11.8 Å². The van der Waals surface area contributed by atoms with E-state index in [4.69, 9.17) is 4.74 Å². The minimum atomic E-state index is -3.33. The molecule has 1 aliphatic heterocycles. The maximum Gasteiger partial charge on any atom is 0.240 e. The van der Waals surface area contributed by atoms with Gasteiger partial charge in [-0.1, -0.05) is 18.2 Å². The molecule has 0 radical (unpaired) electrons. The summed E-state index contributed by atoms with van der Waals surface area (Å²) in [5.74, 6) is 0.674. The van der Waals surface area contributed by atoms with Crippen LogP contribution in [-0.2, 0) is 14.8 Å². The summed E-state index contributed by atoms with van der Waals surface area (Å²) in [7, 11) is -1.62. The van der Waals surface area contributed by atoms with Crippen LogP contribution in [0.5, 0.6) is 5.75 Å². The molecule has 1 aliphatic rings. The van der Waals surface area contributed by atoms with Crippen LogP contribution in [0.15, 0.2) is 30.3 Å². The molecule has 1 aromatic rings. The van der Waals surface area contributed by atoms with Crippen LogP contribution >= 0.6 is 0 Å². The molecule has 0 aromatic heterocycles. The third kappa shape index (κ3) is 4.94. The average Bonchev–Trinajstić information content (AvgIpc) is 3.01. The Labute approximate surface area is 138 Å². The highest BCUT2D eigenvalue weighted by Gasteiger charge is 2.37. The molecular weight excluding hydrogens is 316 g/mol. The van der Waals surface area contributed by atoms with E-state index < -0.39 is 16.1 Å². The van der Waals surface area contributed by atoms with Gasteiger partial charge in [-0.15, -0.1) is 0 Å². The number of sulfonamides is 1. The molecule has 1 heterocycles. The molecule has 7 heteroatoms. The van der Waals surface area contributed by atoms with Gasteiger partial charge in [0.05, 0.1) is 12.9 Å². The minimum absolute atomic E-state index is 0.132. The fourth-order valence-electron chi connectivity index (χ4n) is 2.76. The number of ether oxygens (including phenoxy) is 1. The zero-order chi connectivity index (χ0) is 16.9. The maximum atomic E-state index is 12.4. The number of likely N-dealkylation sites (N-methyl/N-ethyl adjacent to an activating group) is 1. The average molecular weight is 340 g/mol. The summed E-state index contributed by atoms with van der Waals surface area (Å²) < 4.78 is 30.4. The van der Waals surface area contributed by atoms with Crippen molar-refractivity contribution in [2.45, 2.75) is 25.3 Å². The van der Waals surface area contributed by atoms with E-state index in [2.05, 4.69) is 0 Å². The Balaban J connectivity index is 1.79. The summed E-state index contributed by atoms with van der Waals surface area (Å²) >= 11 is 0. The molecule has 1 saturated heterocycles. The van der Waals surface area contributed by atoms with E-state index in [1.54, 1.807) is 11.9 Å². The lowest BCUT2D eigenvalue weighted by molar-refractivity contribution is -0.133. The van der Waals surface area contributed by atoms with E-state index in [9.17, 15) is 13.2 Å². The molecule has 0 unspecified atom stereocenters. The van der Waals surface area contributed by atoms with Gasteiger partial charge in [0.25, 0.3) is 0 Å². The first-order valence-electron chi connectivity index (χ1n) is 7.79. The van der Waals surface area contributed by atoms with Gasteiger partial charge in [0.15, 0.2) is 0 Å². The predicted octanol–water partition coefficient (Wildman–Crippen LogP) is 1.34. The first-order valence-corrected chi connectivity index (χ1v) is 9.64. The summed E-state index contributed by atoms with van der Waals surface area (Å²) in [6.07, 6.45) is 3.18. The fraction of sp³-hybridized carbons (Fsp3) is 0.562. The van der Waals surface area contributed by atoms with Crippen LogP contribution in [0.2, 0.25) is 0 Å². The van der Waals surface area contributed by atoms with E-state index in [-0.39, 0.29) is 5.91 Å². The third-order valence-electron chi connectivity index (χ3n) is 3.94. The molecule has 2 rings (SSSR count). The Kier molecular flexibility index (Phi) is 6.01. The molecule has 1 fully saturated rings. The fourth-order valence-corrected chi connectivity index (χ4v) is 3.88. The largest absolute Gasteiger partial charge is 0.494 e. The molecule has 6 nitrogen and oxygen atoms in total. The molecule has 1 aromatic carbocycles. The SMILES string of the molecule is CN(CCCOc1ccccc1)C(=O)[C@@H]1CCCN1S(C)(=O)=O. The van der Waals surface area contributed by atoms with Gasteiger partial charge in [-0.3, -0.25) is 4.79 Å². The lowest BCUT2D eigenvalue weighted by Gasteiger charge is -2.26. The molecule has 1 amide bonds. The Morgan fingerprint density at radius 1 is 1.35 bits per heavy atom. The van der Waals surface area contributed by atoms with Crippen LogP contribution in [0.3, 0.4) is 0 Å². The molecule has 0 N–H and O–H groups in total. The monoisotopic (exact) mass is 340 g/mol. The Morgan fingerprint density at radius 2 is 2.04 bits per heavy atom. The van der Waals surface area contributed by atoms with E-state index in [0.29, 0.717) is 32.5 Å². The Morgan fingerprint density at radius 3 is 2.70 bits per heavy atom. The number of hydrogen-bond acceptors (Lipinski definition) is 4. The number of rotatable bonds is 7. The van der Waals surface area contributed by atoms with E-state index >= 15 is 0 Å². The van der Waals surface area contributed by atoms with Crippen molar-refractivity contribution in [2.24, 2.45) is 0 Å². The summed E-state index contributed by atoms with van der Waals surface area (Å²) in [6, 6.07) is 8.96. The maximum absolute atomic E-state index is 12.4. The van der Waals surface area contributed by atoms with Gasteiger partial charge in [-0.05, 0) is 31.4 Å². The lowest BCUT2D eigenvalue weighted by Crippen LogP contribution is -2.46. The normalized spacial score (nSPS) is 18.8. The zero-order valence-corrected chi connectivity index (χ0v) is 14.5. The van der Waals surface area contributed by atoms with Crippen LogP contribution in [0.1, 0.15) is 19.3 Å². The lowest BCUT2D eigenvalue weighted by atomic mass is 10.2.